The van der Waals surface area contributed by atoms with Crippen LogP contribution in [0.15, 0.2) is 24.3 Å². The molecular weight excluding hydrogens is 364 g/mol. The smallest absolute Gasteiger partial charge is 0.267 e. The summed E-state index contributed by atoms with van der Waals surface area (Å²) in [6.07, 6.45) is 1.07. The molecule has 0 radical (unpaired) electrons. The SMILES string of the molecule is CC(=O)Nc1ccc(NC(=O)c2sc(N(C)S(C)(=O)=O)nc2C)cc1. The van der Waals surface area contributed by atoms with Crippen molar-refractivity contribution in [1.29, 1.82) is 0 Å². The second-order valence-corrected chi connectivity index (χ2v) is 8.35. The van der Waals surface area contributed by atoms with Crippen molar-refractivity contribution >= 4 is 49.7 Å². The zero-order valence-electron chi connectivity index (χ0n) is 14.2. The highest BCUT2D eigenvalue weighted by atomic mass is 32.2. The van der Waals surface area contributed by atoms with E-state index in [1.165, 1.54) is 14.0 Å². The minimum Gasteiger partial charge on any atom is -0.326 e. The van der Waals surface area contributed by atoms with Crippen LogP contribution in [0.3, 0.4) is 0 Å². The molecule has 0 saturated heterocycles. The molecule has 1 heterocycles. The van der Waals surface area contributed by atoms with Crippen LogP contribution in [0, 0.1) is 6.92 Å². The van der Waals surface area contributed by atoms with Crippen molar-refractivity contribution in [1.82, 2.24) is 4.98 Å². The van der Waals surface area contributed by atoms with Gasteiger partial charge in [-0.25, -0.2) is 17.7 Å². The van der Waals surface area contributed by atoms with Gasteiger partial charge < -0.3 is 10.6 Å². The fraction of sp³-hybridized carbons (Fsp3) is 0.267. The van der Waals surface area contributed by atoms with Gasteiger partial charge in [-0.05, 0) is 31.2 Å². The molecule has 2 aromatic rings. The average Bonchev–Trinajstić information content (AvgIpc) is 2.89. The molecule has 0 fully saturated rings. The predicted molar refractivity (Wildman–Crippen MR) is 98.8 cm³/mol. The lowest BCUT2D eigenvalue weighted by Crippen LogP contribution is -2.24. The number of nitrogens with one attached hydrogen (secondary N) is 2. The lowest BCUT2D eigenvalue weighted by Gasteiger charge is -2.11. The van der Waals surface area contributed by atoms with E-state index >= 15 is 0 Å². The van der Waals surface area contributed by atoms with Crippen molar-refractivity contribution in [2.24, 2.45) is 0 Å². The Labute approximate surface area is 149 Å². The monoisotopic (exact) mass is 382 g/mol. The first-order valence-corrected chi connectivity index (χ1v) is 9.84. The van der Waals surface area contributed by atoms with Gasteiger partial charge in [-0.3, -0.25) is 9.59 Å². The van der Waals surface area contributed by atoms with Gasteiger partial charge in [0.15, 0.2) is 5.13 Å². The van der Waals surface area contributed by atoms with Gasteiger partial charge in [0.2, 0.25) is 15.9 Å². The van der Waals surface area contributed by atoms with E-state index in [1.54, 1.807) is 31.2 Å². The summed E-state index contributed by atoms with van der Waals surface area (Å²) in [5, 5.41) is 5.58. The van der Waals surface area contributed by atoms with Crippen molar-refractivity contribution in [2.75, 3.05) is 28.2 Å². The first kappa shape index (κ1) is 18.9. The zero-order chi connectivity index (χ0) is 18.8. The van der Waals surface area contributed by atoms with E-state index in [2.05, 4.69) is 15.6 Å². The van der Waals surface area contributed by atoms with Crippen LogP contribution in [0.25, 0.3) is 0 Å². The normalized spacial score (nSPS) is 11.0. The van der Waals surface area contributed by atoms with Gasteiger partial charge in [0.1, 0.15) is 4.88 Å². The molecular formula is C15H18N4O4S2. The lowest BCUT2D eigenvalue weighted by atomic mass is 10.2. The number of sulfonamides is 1. The molecule has 2 rings (SSSR count). The van der Waals surface area contributed by atoms with E-state index < -0.39 is 10.0 Å². The van der Waals surface area contributed by atoms with Gasteiger partial charge in [-0.15, -0.1) is 0 Å². The average molecular weight is 382 g/mol. The fourth-order valence-electron chi connectivity index (χ4n) is 1.90. The summed E-state index contributed by atoms with van der Waals surface area (Å²) in [7, 11) is -2.06. The number of thiazole rings is 1. The van der Waals surface area contributed by atoms with E-state index in [-0.39, 0.29) is 16.9 Å². The van der Waals surface area contributed by atoms with Crippen molar-refractivity contribution in [3.05, 3.63) is 34.8 Å². The number of aromatic nitrogens is 1. The Morgan fingerprint density at radius 2 is 1.64 bits per heavy atom. The Kier molecular flexibility index (Phi) is 5.43. The molecule has 0 saturated carbocycles. The van der Waals surface area contributed by atoms with Crippen molar-refractivity contribution < 1.29 is 18.0 Å². The molecule has 0 aliphatic heterocycles. The van der Waals surface area contributed by atoms with Crippen LogP contribution < -0.4 is 14.9 Å². The number of rotatable bonds is 5. The van der Waals surface area contributed by atoms with Crippen molar-refractivity contribution in [3.8, 4) is 0 Å². The molecule has 10 heteroatoms. The molecule has 2 N–H and O–H groups in total. The first-order valence-electron chi connectivity index (χ1n) is 7.18. The molecule has 8 nitrogen and oxygen atoms in total. The van der Waals surface area contributed by atoms with E-state index in [4.69, 9.17) is 0 Å². The molecule has 0 spiro atoms. The summed E-state index contributed by atoms with van der Waals surface area (Å²) in [5.74, 6) is -0.560. The fourth-order valence-corrected chi connectivity index (χ4v) is 3.57. The van der Waals surface area contributed by atoms with Crippen LogP contribution in [0.4, 0.5) is 16.5 Å². The second kappa shape index (κ2) is 7.19. The Morgan fingerprint density at radius 1 is 1.12 bits per heavy atom. The third kappa shape index (κ3) is 4.77. The Hall–Kier alpha value is -2.46. The third-order valence-electron chi connectivity index (χ3n) is 3.22. The second-order valence-electron chi connectivity index (χ2n) is 5.35. The molecule has 0 atom stereocenters. The summed E-state index contributed by atoms with van der Waals surface area (Å²) in [6, 6.07) is 6.64. The van der Waals surface area contributed by atoms with Crippen LogP contribution in [-0.4, -0.2) is 38.5 Å². The molecule has 0 unspecified atom stereocenters. The number of hydrogen-bond acceptors (Lipinski definition) is 6. The van der Waals surface area contributed by atoms with Gasteiger partial charge in [-0.1, -0.05) is 11.3 Å². The maximum Gasteiger partial charge on any atom is 0.267 e. The van der Waals surface area contributed by atoms with Gasteiger partial charge in [0.05, 0.1) is 11.9 Å². The third-order valence-corrected chi connectivity index (χ3v) is 5.74. The maximum absolute atomic E-state index is 12.4. The number of anilines is 3. The first-order chi connectivity index (χ1) is 11.6. The van der Waals surface area contributed by atoms with Crippen LogP contribution in [0.5, 0.6) is 0 Å². The number of amides is 2. The largest absolute Gasteiger partial charge is 0.326 e. The van der Waals surface area contributed by atoms with Crippen LogP contribution >= 0.6 is 11.3 Å². The highest BCUT2D eigenvalue weighted by molar-refractivity contribution is 7.92. The van der Waals surface area contributed by atoms with Crippen LogP contribution in [-0.2, 0) is 14.8 Å². The molecule has 0 aliphatic rings. The van der Waals surface area contributed by atoms with E-state index in [0.717, 1.165) is 21.9 Å². The summed E-state index contributed by atoms with van der Waals surface area (Å²) in [5.41, 5.74) is 1.62. The highest BCUT2D eigenvalue weighted by Gasteiger charge is 2.21. The van der Waals surface area contributed by atoms with Gasteiger partial charge >= 0.3 is 0 Å². The topological polar surface area (TPSA) is 108 Å². The van der Waals surface area contributed by atoms with Crippen molar-refractivity contribution in [2.45, 2.75) is 13.8 Å². The van der Waals surface area contributed by atoms with E-state index in [0.29, 0.717) is 21.9 Å². The molecule has 1 aromatic heterocycles. The summed E-state index contributed by atoms with van der Waals surface area (Å²) in [6.45, 7) is 3.05. The summed E-state index contributed by atoms with van der Waals surface area (Å²) in [4.78, 5) is 27.9. The highest BCUT2D eigenvalue weighted by Crippen LogP contribution is 2.27. The Morgan fingerprint density at radius 3 is 2.12 bits per heavy atom. The predicted octanol–water partition coefficient (Wildman–Crippen LogP) is 2.06. The Bertz CT molecular complexity index is 904. The molecule has 0 bridgehead atoms. The summed E-state index contributed by atoms with van der Waals surface area (Å²) >= 11 is 1.000. The Balaban J connectivity index is 2.16. The van der Waals surface area contributed by atoms with E-state index in [9.17, 15) is 18.0 Å². The van der Waals surface area contributed by atoms with Gasteiger partial charge in [-0.2, -0.15) is 0 Å². The lowest BCUT2D eigenvalue weighted by molar-refractivity contribution is -0.114. The molecule has 0 aliphatic carbocycles. The number of aryl methyl sites for hydroxylation is 1. The van der Waals surface area contributed by atoms with Crippen molar-refractivity contribution in [3.63, 3.8) is 0 Å². The number of nitrogens with zero attached hydrogens (tertiary/aromatic N) is 2. The van der Waals surface area contributed by atoms with E-state index in [1.807, 2.05) is 0 Å². The number of carbonyl (C=O) groups is 2. The number of hydrogen-bond donors (Lipinski definition) is 2. The molecule has 2 amide bonds. The standard InChI is InChI=1S/C15H18N4O4S2/c1-9-13(24-15(16-9)19(3)25(4,22)23)14(21)18-12-7-5-11(6-8-12)17-10(2)20/h5-8H,1-4H3,(H,17,20)(H,18,21). The minimum absolute atomic E-state index is 0.181. The number of carbonyl (C=O) groups excluding carboxylic acids is 2. The molecule has 1 aromatic carbocycles. The van der Waals surface area contributed by atoms with Crippen LogP contribution in [0.1, 0.15) is 22.3 Å². The summed E-state index contributed by atoms with van der Waals surface area (Å²) < 4.78 is 24.2. The molecule has 134 valence electrons. The van der Waals surface area contributed by atoms with Crippen LogP contribution in [0.2, 0.25) is 0 Å². The zero-order valence-corrected chi connectivity index (χ0v) is 15.8. The molecule has 25 heavy (non-hydrogen) atoms. The quantitative estimate of drug-likeness (QED) is 0.823. The minimum atomic E-state index is -3.44. The maximum atomic E-state index is 12.4. The van der Waals surface area contributed by atoms with Gasteiger partial charge in [0.25, 0.3) is 5.91 Å². The number of benzene rings is 1. The van der Waals surface area contributed by atoms with Gasteiger partial charge in [0, 0.05) is 25.3 Å².